The van der Waals surface area contributed by atoms with Crippen molar-refractivity contribution in [1.29, 1.82) is 0 Å². The van der Waals surface area contributed by atoms with E-state index in [4.69, 9.17) is 14.2 Å². The van der Waals surface area contributed by atoms with E-state index in [1.807, 2.05) is 19.9 Å². The largest absolute Gasteiger partial charge is 0.493 e. The van der Waals surface area contributed by atoms with Gasteiger partial charge in [-0.3, -0.25) is 9.69 Å². The third kappa shape index (κ3) is 3.89. The first kappa shape index (κ1) is 21.0. The Kier molecular flexibility index (Phi) is 6.32. The van der Waals surface area contributed by atoms with Crippen LogP contribution in [-0.4, -0.2) is 47.5 Å². The summed E-state index contributed by atoms with van der Waals surface area (Å²) < 4.78 is 16.4. The highest BCUT2D eigenvalue weighted by molar-refractivity contribution is 8.15. The number of thioether (sulfide) groups is 1. The lowest BCUT2D eigenvalue weighted by Crippen LogP contribution is -2.40. The number of methoxy groups -OCH3 is 1. The van der Waals surface area contributed by atoms with E-state index in [0.717, 1.165) is 0 Å². The number of nitrogens with zero attached hydrogens (tertiary/aromatic N) is 2. The summed E-state index contributed by atoms with van der Waals surface area (Å²) in [5.41, 5.74) is 1.56. The van der Waals surface area contributed by atoms with Crippen molar-refractivity contribution >= 4 is 28.8 Å². The number of benzene rings is 1. The van der Waals surface area contributed by atoms with Gasteiger partial charge in [0.25, 0.3) is 0 Å². The second kappa shape index (κ2) is 8.73. The summed E-state index contributed by atoms with van der Waals surface area (Å²) >= 11 is 1.38. The zero-order valence-corrected chi connectivity index (χ0v) is 17.7. The summed E-state index contributed by atoms with van der Waals surface area (Å²) in [6, 6.07) is 4.74. The fourth-order valence-electron chi connectivity index (χ4n) is 3.32. The van der Waals surface area contributed by atoms with E-state index in [1.54, 1.807) is 31.1 Å². The Morgan fingerprint density at radius 1 is 1.38 bits per heavy atom. The van der Waals surface area contributed by atoms with E-state index in [9.17, 15) is 9.59 Å². The van der Waals surface area contributed by atoms with Crippen molar-refractivity contribution in [2.45, 2.75) is 32.1 Å². The molecule has 1 aromatic rings. The lowest BCUT2D eigenvalue weighted by molar-refractivity contribution is -0.139. The maximum absolute atomic E-state index is 12.9. The Balaban J connectivity index is 2.12. The zero-order valence-electron chi connectivity index (χ0n) is 16.9. The van der Waals surface area contributed by atoms with Gasteiger partial charge in [-0.05, 0) is 38.5 Å². The van der Waals surface area contributed by atoms with Crippen LogP contribution in [0.25, 0.3) is 0 Å². The Morgan fingerprint density at radius 3 is 2.79 bits per heavy atom. The molecule has 2 heterocycles. The summed E-state index contributed by atoms with van der Waals surface area (Å²) in [5.74, 6) is 0.487. The van der Waals surface area contributed by atoms with E-state index in [0.29, 0.717) is 40.1 Å². The van der Waals surface area contributed by atoms with E-state index in [-0.39, 0.29) is 17.8 Å². The van der Waals surface area contributed by atoms with Gasteiger partial charge in [-0.2, -0.15) is 0 Å². The average Bonchev–Trinajstić information content (AvgIpc) is 2.98. The highest BCUT2D eigenvalue weighted by Crippen LogP contribution is 2.44. The molecule has 1 fully saturated rings. The van der Waals surface area contributed by atoms with Gasteiger partial charge in [-0.15, -0.1) is 0 Å². The van der Waals surface area contributed by atoms with Crippen molar-refractivity contribution in [3.8, 4) is 11.5 Å². The van der Waals surface area contributed by atoms with Crippen LogP contribution in [0.15, 0.2) is 47.1 Å². The van der Waals surface area contributed by atoms with Crippen LogP contribution in [-0.2, 0) is 14.3 Å². The number of hydrogen-bond donors (Lipinski definition) is 0. The number of hydrogen-bond acceptors (Lipinski definition) is 7. The van der Waals surface area contributed by atoms with Crippen LogP contribution in [0, 0.1) is 0 Å². The summed E-state index contributed by atoms with van der Waals surface area (Å²) in [6.07, 6.45) is 1.50. The molecule has 2 aliphatic heterocycles. The van der Waals surface area contributed by atoms with Gasteiger partial charge in [-0.1, -0.05) is 30.5 Å². The summed E-state index contributed by atoms with van der Waals surface area (Å²) in [6.45, 7) is 9.61. The average molecular weight is 416 g/mol. The number of amides is 1. The molecule has 3 rings (SSSR count). The fourth-order valence-corrected chi connectivity index (χ4v) is 4.35. The number of fused-ring (bicyclic) bond motifs is 1. The molecule has 1 amide bonds. The minimum Gasteiger partial charge on any atom is -0.493 e. The topological polar surface area (TPSA) is 77.4 Å². The van der Waals surface area contributed by atoms with Crippen LogP contribution >= 0.6 is 11.8 Å². The highest BCUT2D eigenvalue weighted by atomic mass is 32.2. The predicted molar refractivity (Wildman–Crippen MR) is 112 cm³/mol. The number of amidine groups is 1. The molecular formula is C21H24N2O5S. The van der Waals surface area contributed by atoms with Gasteiger partial charge in [0.1, 0.15) is 6.61 Å². The number of carbonyl (C=O) groups is 2. The van der Waals surface area contributed by atoms with Crippen LogP contribution in [0.3, 0.4) is 0 Å². The Hall–Kier alpha value is -2.74. The Morgan fingerprint density at radius 2 is 2.14 bits per heavy atom. The normalized spacial score (nSPS) is 20.9. The monoisotopic (exact) mass is 416 g/mol. The summed E-state index contributed by atoms with van der Waals surface area (Å²) in [7, 11) is 1.55. The minimum atomic E-state index is -0.658. The number of rotatable bonds is 7. The molecule has 8 heteroatoms. The van der Waals surface area contributed by atoms with E-state index >= 15 is 0 Å². The van der Waals surface area contributed by atoms with Gasteiger partial charge < -0.3 is 14.2 Å². The quantitative estimate of drug-likeness (QED) is 0.500. The van der Waals surface area contributed by atoms with Crippen molar-refractivity contribution < 1.29 is 23.8 Å². The maximum Gasteiger partial charge on any atom is 0.338 e. The summed E-state index contributed by atoms with van der Waals surface area (Å²) in [5, 5.41) is 0.301. The molecule has 1 aromatic carbocycles. The lowest BCUT2D eigenvalue weighted by Gasteiger charge is -2.33. The third-order valence-electron chi connectivity index (χ3n) is 4.61. The molecular weight excluding hydrogens is 392 g/mol. The third-order valence-corrected chi connectivity index (χ3v) is 5.67. The van der Waals surface area contributed by atoms with Gasteiger partial charge in [0.15, 0.2) is 16.7 Å². The van der Waals surface area contributed by atoms with Crippen LogP contribution in [0.2, 0.25) is 0 Å². The van der Waals surface area contributed by atoms with E-state index < -0.39 is 12.0 Å². The van der Waals surface area contributed by atoms with E-state index in [2.05, 4.69) is 11.6 Å². The van der Waals surface area contributed by atoms with Crippen LogP contribution in [0.5, 0.6) is 11.5 Å². The number of allylic oxidation sites excluding steroid dienone is 1. The smallest absolute Gasteiger partial charge is 0.338 e. The minimum absolute atomic E-state index is 0.0740. The van der Waals surface area contributed by atoms with Crippen molar-refractivity contribution in [3.63, 3.8) is 0 Å². The molecule has 2 aliphatic rings. The van der Waals surface area contributed by atoms with Crippen molar-refractivity contribution in [2.24, 2.45) is 4.99 Å². The fraction of sp³-hybridized carbons (Fsp3) is 0.381. The van der Waals surface area contributed by atoms with E-state index in [1.165, 1.54) is 17.8 Å². The molecule has 2 atom stereocenters. The second-order valence-electron chi connectivity index (χ2n) is 6.49. The van der Waals surface area contributed by atoms with Crippen LogP contribution in [0.1, 0.15) is 32.4 Å². The number of carbonyl (C=O) groups excluding carboxylic acids is 2. The number of aliphatic imine (C=N–C) groups is 1. The first-order chi connectivity index (χ1) is 13.9. The Labute approximate surface area is 174 Å². The molecule has 0 spiro atoms. The van der Waals surface area contributed by atoms with Crippen LogP contribution in [0.4, 0.5) is 0 Å². The standard InChI is InChI=1S/C21H24N2O5S/c1-6-10-28-20(25)17-12(3)22-21-23(19(24)13(4)29-21)18(17)14-8-9-15(27-7-2)16(11-14)26-5/h6,8-9,11,13,18H,1,7,10H2,2-5H3/t13-,18-/m0/s1. The van der Waals surface area contributed by atoms with Gasteiger partial charge >= 0.3 is 5.97 Å². The molecule has 7 nitrogen and oxygen atoms in total. The first-order valence-electron chi connectivity index (χ1n) is 9.30. The van der Waals surface area contributed by atoms with Crippen molar-refractivity contribution in [2.75, 3.05) is 20.3 Å². The summed E-state index contributed by atoms with van der Waals surface area (Å²) in [4.78, 5) is 31.8. The number of esters is 1. The van der Waals surface area contributed by atoms with Gasteiger partial charge in [-0.25, -0.2) is 9.79 Å². The second-order valence-corrected chi connectivity index (χ2v) is 7.80. The first-order valence-corrected chi connectivity index (χ1v) is 10.2. The molecule has 29 heavy (non-hydrogen) atoms. The molecule has 0 N–H and O–H groups in total. The van der Waals surface area contributed by atoms with Crippen LogP contribution < -0.4 is 9.47 Å². The van der Waals surface area contributed by atoms with Crippen molar-refractivity contribution in [1.82, 2.24) is 4.90 Å². The lowest BCUT2D eigenvalue weighted by atomic mass is 9.94. The van der Waals surface area contributed by atoms with Gasteiger partial charge in [0, 0.05) is 0 Å². The molecule has 0 bridgehead atoms. The molecule has 154 valence electrons. The van der Waals surface area contributed by atoms with Crippen molar-refractivity contribution in [3.05, 3.63) is 47.7 Å². The molecule has 1 saturated heterocycles. The predicted octanol–water partition coefficient (Wildman–Crippen LogP) is 3.47. The molecule has 0 radical (unpaired) electrons. The highest BCUT2D eigenvalue weighted by Gasteiger charge is 2.46. The Bertz CT molecular complexity index is 908. The SMILES string of the molecule is C=CCOC(=O)C1=C(C)N=C2S[C@@H](C)C(=O)N2[C@H]1c1ccc(OCC)c(OC)c1. The van der Waals surface area contributed by atoms with Gasteiger partial charge in [0.05, 0.1) is 36.3 Å². The van der Waals surface area contributed by atoms with Gasteiger partial charge in [0.2, 0.25) is 5.91 Å². The molecule has 0 saturated carbocycles. The molecule has 0 aliphatic carbocycles. The molecule has 0 aromatic heterocycles. The number of ether oxygens (including phenoxy) is 3. The molecule has 0 unspecified atom stereocenters. The zero-order chi connectivity index (χ0) is 21.1. The maximum atomic E-state index is 12.9.